The van der Waals surface area contributed by atoms with Gasteiger partial charge in [0.05, 0.1) is 25.8 Å². The molecule has 1 atom stereocenters. The molecule has 0 bridgehead atoms. The lowest BCUT2D eigenvalue weighted by Crippen LogP contribution is -2.33. The van der Waals surface area contributed by atoms with Crippen LogP contribution >= 0.6 is 0 Å². The van der Waals surface area contributed by atoms with Gasteiger partial charge in [-0.3, -0.25) is 9.59 Å². The minimum Gasteiger partial charge on any atom is -0.503 e. The summed E-state index contributed by atoms with van der Waals surface area (Å²) in [6.07, 6.45) is 3.64. The molecule has 0 fully saturated rings. The second kappa shape index (κ2) is 10.7. The number of amides is 1. The van der Waals surface area contributed by atoms with Crippen molar-refractivity contribution in [2.45, 2.75) is 12.5 Å². The number of hydrogen-bond donors (Lipinski definition) is 1. The van der Waals surface area contributed by atoms with E-state index in [1.54, 1.807) is 24.3 Å². The van der Waals surface area contributed by atoms with Gasteiger partial charge in [-0.05, 0) is 41.3 Å². The average molecular weight is 470 g/mol. The molecule has 1 aliphatic rings. The molecule has 0 aliphatic carbocycles. The Hall–Kier alpha value is -4.32. The molecule has 0 spiro atoms. The number of hydrogen-bond acceptors (Lipinski definition) is 5. The molecule has 3 aromatic rings. The fourth-order valence-corrected chi connectivity index (χ4v) is 4.23. The van der Waals surface area contributed by atoms with Crippen LogP contribution in [0.4, 0.5) is 0 Å². The molecule has 0 saturated carbocycles. The Morgan fingerprint density at radius 3 is 2.26 bits per heavy atom. The summed E-state index contributed by atoms with van der Waals surface area (Å²) in [5.74, 6) is -0.528. The van der Waals surface area contributed by atoms with Gasteiger partial charge in [0.25, 0.3) is 5.91 Å². The van der Waals surface area contributed by atoms with Crippen LogP contribution in [0.2, 0.25) is 0 Å². The van der Waals surface area contributed by atoms with Crippen molar-refractivity contribution in [1.29, 1.82) is 0 Å². The Morgan fingerprint density at radius 2 is 1.60 bits per heavy atom. The second-order valence-corrected chi connectivity index (χ2v) is 8.12. The van der Waals surface area contributed by atoms with Crippen molar-refractivity contribution >= 4 is 17.8 Å². The summed E-state index contributed by atoms with van der Waals surface area (Å²) in [4.78, 5) is 28.0. The van der Waals surface area contributed by atoms with Gasteiger partial charge in [-0.25, -0.2) is 0 Å². The molecular formula is C29H27NO5. The molecule has 1 unspecified atom stereocenters. The molecule has 1 aliphatic heterocycles. The lowest BCUT2D eigenvalue weighted by molar-refractivity contribution is -0.129. The van der Waals surface area contributed by atoms with Gasteiger partial charge in [-0.15, -0.1) is 0 Å². The number of nitrogens with zero attached hydrogens (tertiary/aromatic N) is 1. The van der Waals surface area contributed by atoms with E-state index in [1.807, 2.05) is 60.7 Å². The highest BCUT2D eigenvalue weighted by Crippen LogP contribution is 2.41. The molecule has 0 aromatic heterocycles. The third-order valence-electron chi connectivity index (χ3n) is 6.00. The first kappa shape index (κ1) is 23.8. The van der Waals surface area contributed by atoms with Crippen LogP contribution in [0.15, 0.2) is 96.3 Å². The zero-order chi connectivity index (χ0) is 24.8. The minimum absolute atomic E-state index is 0.0439. The van der Waals surface area contributed by atoms with Crippen LogP contribution in [-0.4, -0.2) is 42.5 Å². The highest BCUT2D eigenvalue weighted by molar-refractivity contribution is 6.14. The molecule has 178 valence electrons. The standard InChI is InChI=1S/C29H27NO5/c1-34-24-16-14-22(19-25(24)35-2)27-26(23(31)15-13-20-9-5-3-6-10-20)28(32)29(33)30(27)18-17-21-11-7-4-8-12-21/h3-16,19,27,32H,17-18H2,1-2H3/b15-13+. The first-order valence-corrected chi connectivity index (χ1v) is 11.3. The Kier molecular flexibility index (Phi) is 7.31. The fraction of sp³-hybridized carbons (Fsp3) is 0.172. The summed E-state index contributed by atoms with van der Waals surface area (Å²) in [6.45, 7) is 0.325. The Balaban J connectivity index is 1.71. The zero-order valence-corrected chi connectivity index (χ0v) is 19.7. The summed E-state index contributed by atoms with van der Waals surface area (Å²) < 4.78 is 10.8. The van der Waals surface area contributed by atoms with Crippen LogP contribution in [0.25, 0.3) is 6.08 Å². The summed E-state index contributed by atoms with van der Waals surface area (Å²) in [5.41, 5.74) is 2.58. The lowest BCUT2D eigenvalue weighted by atomic mass is 9.95. The van der Waals surface area contributed by atoms with Gasteiger partial charge in [0, 0.05) is 6.54 Å². The molecule has 3 aromatic carbocycles. The third-order valence-corrected chi connectivity index (χ3v) is 6.00. The molecule has 4 rings (SSSR count). The number of allylic oxidation sites excluding steroid dienone is 1. The zero-order valence-electron chi connectivity index (χ0n) is 19.7. The number of methoxy groups -OCH3 is 2. The summed E-state index contributed by atoms with van der Waals surface area (Å²) in [7, 11) is 3.06. The topological polar surface area (TPSA) is 76.1 Å². The quantitative estimate of drug-likeness (QED) is 0.450. The van der Waals surface area contributed by atoms with Crippen molar-refractivity contribution in [3.8, 4) is 11.5 Å². The minimum atomic E-state index is -0.765. The first-order chi connectivity index (χ1) is 17.0. The van der Waals surface area contributed by atoms with Crippen molar-refractivity contribution in [1.82, 2.24) is 4.90 Å². The molecule has 6 nitrogen and oxygen atoms in total. The van der Waals surface area contributed by atoms with E-state index in [0.29, 0.717) is 30.0 Å². The normalized spacial score (nSPS) is 15.7. The van der Waals surface area contributed by atoms with E-state index in [-0.39, 0.29) is 5.57 Å². The van der Waals surface area contributed by atoms with Gasteiger partial charge >= 0.3 is 0 Å². The van der Waals surface area contributed by atoms with E-state index < -0.39 is 23.5 Å². The highest BCUT2D eigenvalue weighted by atomic mass is 16.5. The van der Waals surface area contributed by atoms with Crippen molar-refractivity contribution in [3.63, 3.8) is 0 Å². The van der Waals surface area contributed by atoms with E-state index in [2.05, 4.69) is 0 Å². The number of rotatable bonds is 9. The predicted octanol–water partition coefficient (Wildman–Crippen LogP) is 4.92. The number of carbonyl (C=O) groups is 2. The number of aliphatic hydroxyl groups is 1. The van der Waals surface area contributed by atoms with E-state index in [1.165, 1.54) is 25.2 Å². The van der Waals surface area contributed by atoms with Crippen molar-refractivity contribution < 1.29 is 24.2 Å². The number of benzene rings is 3. The van der Waals surface area contributed by atoms with Crippen LogP contribution in [0.3, 0.4) is 0 Å². The van der Waals surface area contributed by atoms with Crippen molar-refractivity contribution in [2.24, 2.45) is 0 Å². The summed E-state index contributed by atoms with van der Waals surface area (Å²) in [6, 6.07) is 23.6. The lowest BCUT2D eigenvalue weighted by Gasteiger charge is -2.27. The average Bonchev–Trinajstić information content (AvgIpc) is 3.16. The Labute approximate surface area is 204 Å². The van der Waals surface area contributed by atoms with E-state index in [4.69, 9.17) is 9.47 Å². The van der Waals surface area contributed by atoms with Gasteiger partial charge in [0.2, 0.25) is 0 Å². The van der Waals surface area contributed by atoms with Crippen LogP contribution in [0.5, 0.6) is 11.5 Å². The van der Waals surface area contributed by atoms with E-state index in [0.717, 1.165) is 11.1 Å². The molecule has 6 heteroatoms. The molecular weight excluding hydrogens is 442 g/mol. The van der Waals surface area contributed by atoms with Gasteiger partial charge in [-0.2, -0.15) is 0 Å². The maximum atomic E-state index is 13.3. The number of ether oxygens (including phenoxy) is 2. The van der Waals surface area contributed by atoms with Crippen LogP contribution in [0, 0.1) is 0 Å². The SMILES string of the molecule is COc1ccc(C2C(C(=O)/C=C/c3ccccc3)=C(O)C(=O)N2CCc2ccccc2)cc1OC. The third kappa shape index (κ3) is 5.11. The summed E-state index contributed by atoms with van der Waals surface area (Å²) in [5, 5.41) is 10.8. The van der Waals surface area contributed by atoms with Crippen molar-refractivity contribution in [2.75, 3.05) is 20.8 Å². The highest BCUT2D eigenvalue weighted by Gasteiger charge is 2.42. The fourth-order valence-electron chi connectivity index (χ4n) is 4.23. The number of carbonyl (C=O) groups excluding carboxylic acids is 2. The maximum Gasteiger partial charge on any atom is 0.290 e. The Morgan fingerprint density at radius 1 is 0.943 bits per heavy atom. The van der Waals surface area contributed by atoms with E-state index in [9.17, 15) is 14.7 Å². The molecule has 1 heterocycles. The predicted molar refractivity (Wildman–Crippen MR) is 134 cm³/mol. The molecule has 1 amide bonds. The van der Waals surface area contributed by atoms with Gasteiger partial charge < -0.3 is 19.5 Å². The maximum absolute atomic E-state index is 13.3. The molecule has 0 radical (unpaired) electrons. The second-order valence-electron chi connectivity index (χ2n) is 8.12. The van der Waals surface area contributed by atoms with Gasteiger partial charge in [0.15, 0.2) is 23.0 Å². The molecule has 1 N–H and O–H groups in total. The molecule has 0 saturated heterocycles. The molecule has 35 heavy (non-hydrogen) atoms. The first-order valence-electron chi connectivity index (χ1n) is 11.3. The van der Waals surface area contributed by atoms with Crippen LogP contribution < -0.4 is 9.47 Å². The smallest absolute Gasteiger partial charge is 0.290 e. The number of aliphatic hydroxyl groups excluding tert-OH is 1. The summed E-state index contributed by atoms with van der Waals surface area (Å²) >= 11 is 0. The van der Waals surface area contributed by atoms with Crippen molar-refractivity contribution in [3.05, 3.63) is 113 Å². The number of ketones is 1. The Bertz CT molecular complexity index is 1260. The largest absolute Gasteiger partial charge is 0.503 e. The monoisotopic (exact) mass is 469 g/mol. The van der Waals surface area contributed by atoms with Crippen LogP contribution in [0.1, 0.15) is 22.7 Å². The van der Waals surface area contributed by atoms with E-state index >= 15 is 0 Å². The van der Waals surface area contributed by atoms with Gasteiger partial charge in [-0.1, -0.05) is 72.8 Å². The van der Waals surface area contributed by atoms with Gasteiger partial charge in [0.1, 0.15) is 0 Å². The van der Waals surface area contributed by atoms with Crippen LogP contribution in [-0.2, 0) is 16.0 Å².